The number of nitrogens with zero attached hydrogens (tertiary/aromatic N) is 3. The first-order valence-corrected chi connectivity index (χ1v) is 7.99. The predicted molar refractivity (Wildman–Crippen MR) is 78.3 cm³/mol. The molecule has 0 radical (unpaired) electrons. The van der Waals surface area contributed by atoms with Gasteiger partial charge in [-0.3, -0.25) is 4.90 Å². The summed E-state index contributed by atoms with van der Waals surface area (Å²) in [5.74, 6) is 1.18. The van der Waals surface area contributed by atoms with E-state index in [1.807, 2.05) is 12.3 Å². The van der Waals surface area contributed by atoms with E-state index in [2.05, 4.69) is 36.8 Å². The Hall–Kier alpha value is -0.610. The Kier molecular flexibility index (Phi) is 3.85. The van der Waals surface area contributed by atoms with E-state index in [0.29, 0.717) is 0 Å². The molecule has 0 bridgehead atoms. The first-order chi connectivity index (χ1) is 8.88. The summed E-state index contributed by atoms with van der Waals surface area (Å²) in [6.45, 7) is 4.90. The van der Waals surface area contributed by atoms with E-state index in [4.69, 9.17) is 0 Å². The van der Waals surface area contributed by atoms with Gasteiger partial charge in [-0.15, -0.1) is 0 Å². The zero-order chi connectivity index (χ0) is 12.4. The maximum Gasteiger partial charge on any atom is 0.132 e. The van der Waals surface area contributed by atoms with Crippen LogP contribution in [-0.2, 0) is 5.33 Å². The van der Waals surface area contributed by atoms with Gasteiger partial charge in [0.15, 0.2) is 0 Å². The molecular weight excluding hydrogens is 290 g/mol. The fourth-order valence-corrected chi connectivity index (χ4v) is 3.60. The quantitative estimate of drug-likeness (QED) is 0.800. The third-order valence-electron chi connectivity index (χ3n) is 4.13. The molecule has 18 heavy (non-hydrogen) atoms. The standard InChI is InChI=1S/C14H20BrN3/c15-10-12-4-3-6-16-14(12)18-9-5-13(11-18)17-7-1-2-8-17/h3-4,6,13H,1-2,5,7-11H2. The van der Waals surface area contributed by atoms with Crippen molar-refractivity contribution in [2.75, 3.05) is 31.1 Å². The Morgan fingerprint density at radius 2 is 2.11 bits per heavy atom. The minimum atomic E-state index is 0.748. The molecule has 4 heteroatoms. The Labute approximate surface area is 117 Å². The van der Waals surface area contributed by atoms with E-state index < -0.39 is 0 Å². The van der Waals surface area contributed by atoms with Gasteiger partial charge in [-0.2, -0.15) is 0 Å². The molecule has 1 atom stereocenters. The van der Waals surface area contributed by atoms with E-state index in [1.165, 1.54) is 43.7 Å². The minimum Gasteiger partial charge on any atom is -0.355 e. The molecule has 1 aromatic heterocycles. The number of hydrogen-bond donors (Lipinski definition) is 0. The van der Waals surface area contributed by atoms with Gasteiger partial charge < -0.3 is 4.90 Å². The van der Waals surface area contributed by atoms with Crippen LogP contribution < -0.4 is 4.90 Å². The van der Waals surface area contributed by atoms with Gasteiger partial charge in [0, 0.05) is 36.2 Å². The van der Waals surface area contributed by atoms with Crippen molar-refractivity contribution in [3.63, 3.8) is 0 Å². The molecule has 0 N–H and O–H groups in total. The summed E-state index contributed by atoms with van der Waals surface area (Å²) < 4.78 is 0. The Bertz CT molecular complexity index is 404. The van der Waals surface area contributed by atoms with E-state index in [-0.39, 0.29) is 0 Å². The second-order valence-corrected chi connectivity index (χ2v) is 5.81. The van der Waals surface area contributed by atoms with Crippen LogP contribution in [-0.4, -0.2) is 42.1 Å². The van der Waals surface area contributed by atoms with Crippen molar-refractivity contribution >= 4 is 21.7 Å². The summed E-state index contributed by atoms with van der Waals surface area (Å²) in [6.07, 6.45) is 5.96. The van der Waals surface area contributed by atoms with Crippen molar-refractivity contribution < 1.29 is 0 Å². The van der Waals surface area contributed by atoms with Crippen LogP contribution in [0.3, 0.4) is 0 Å². The van der Waals surface area contributed by atoms with Crippen LogP contribution in [0.15, 0.2) is 18.3 Å². The third-order valence-corrected chi connectivity index (χ3v) is 4.74. The molecule has 3 nitrogen and oxygen atoms in total. The summed E-state index contributed by atoms with van der Waals surface area (Å²) >= 11 is 3.56. The topological polar surface area (TPSA) is 19.4 Å². The van der Waals surface area contributed by atoms with Crippen LogP contribution in [0.25, 0.3) is 0 Å². The molecule has 2 aliphatic heterocycles. The van der Waals surface area contributed by atoms with Crippen LogP contribution in [0.4, 0.5) is 5.82 Å². The lowest BCUT2D eigenvalue weighted by Crippen LogP contribution is -2.35. The molecule has 0 aromatic carbocycles. The lowest BCUT2D eigenvalue weighted by Gasteiger charge is -2.24. The molecule has 3 rings (SSSR count). The van der Waals surface area contributed by atoms with Crippen molar-refractivity contribution in [1.82, 2.24) is 9.88 Å². The minimum absolute atomic E-state index is 0.748. The molecular formula is C14H20BrN3. The number of anilines is 1. The number of rotatable bonds is 3. The van der Waals surface area contributed by atoms with E-state index in [1.54, 1.807) is 0 Å². The van der Waals surface area contributed by atoms with Gasteiger partial charge >= 0.3 is 0 Å². The molecule has 2 fully saturated rings. The molecule has 3 heterocycles. The van der Waals surface area contributed by atoms with E-state index >= 15 is 0 Å². The van der Waals surface area contributed by atoms with Gasteiger partial charge in [0.2, 0.25) is 0 Å². The average molecular weight is 310 g/mol. The molecule has 0 saturated carbocycles. The van der Waals surface area contributed by atoms with Gasteiger partial charge in [-0.05, 0) is 38.4 Å². The monoisotopic (exact) mass is 309 g/mol. The number of aromatic nitrogens is 1. The normalized spacial score (nSPS) is 24.9. The number of alkyl halides is 1. The molecule has 0 aliphatic carbocycles. The van der Waals surface area contributed by atoms with Gasteiger partial charge in [-0.25, -0.2) is 4.98 Å². The van der Waals surface area contributed by atoms with Crippen molar-refractivity contribution in [1.29, 1.82) is 0 Å². The van der Waals surface area contributed by atoms with Gasteiger partial charge in [-0.1, -0.05) is 22.0 Å². The van der Waals surface area contributed by atoms with Crippen molar-refractivity contribution in [3.05, 3.63) is 23.9 Å². The maximum absolute atomic E-state index is 4.57. The molecule has 2 saturated heterocycles. The lowest BCUT2D eigenvalue weighted by atomic mass is 10.2. The predicted octanol–water partition coefficient (Wildman–Crippen LogP) is 2.65. The number of likely N-dealkylation sites (tertiary alicyclic amines) is 1. The Morgan fingerprint density at radius 3 is 2.89 bits per heavy atom. The van der Waals surface area contributed by atoms with Crippen LogP contribution in [0, 0.1) is 0 Å². The van der Waals surface area contributed by atoms with Crippen LogP contribution in [0.1, 0.15) is 24.8 Å². The number of hydrogen-bond acceptors (Lipinski definition) is 3. The summed E-state index contributed by atoms with van der Waals surface area (Å²) in [5, 5.41) is 0.890. The van der Waals surface area contributed by atoms with Gasteiger partial charge in [0.1, 0.15) is 5.82 Å². The first kappa shape index (κ1) is 12.4. The fraction of sp³-hybridized carbons (Fsp3) is 0.643. The number of pyridine rings is 1. The van der Waals surface area contributed by atoms with E-state index in [0.717, 1.165) is 24.5 Å². The molecule has 0 spiro atoms. The summed E-state index contributed by atoms with van der Waals surface area (Å²) in [6, 6.07) is 4.94. The molecule has 0 amide bonds. The highest BCUT2D eigenvalue weighted by Gasteiger charge is 2.30. The van der Waals surface area contributed by atoms with Crippen LogP contribution in [0.5, 0.6) is 0 Å². The molecule has 1 unspecified atom stereocenters. The van der Waals surface area contributed by atoms with Crippen molar-refractivity contribution in [2.24, 2.45) is 0 Å². The molecule has 2 aliphatic rings. The SMILES string of the molecule is BrCc1cccnc1N1CCC(N2CCCC2)C1. The zero-order valence-corrected chi connectivity index (χ0v) is 12.3. The van der Waals surface area contributed by atoms with Crippen molar-refractivity contribution in [3.8, 4) is 0 Å². The largest absolute Gasteiger partial charge is 0.355 e. The van der Waals surface area contributed by atoms with E-state index in [9.17, 15) is 0 Å². The summed E-state index contributed by atoms with van der Waals surface area (Å²) in [5.41, 5.74) is 1.31. The highest BCUT2D eigenvalue weighted by molar-refractivity contribution is 9.08. The van der Waals surface area contributed by atoms with Crippen LogP contribution in [0.2, 0.25) is 0 Å². The zero-order valence-electron chi connectivity index (χ0n) is 10.7. The highest BCUT2D eigenvalue weighted by atomic mass is 79.9. The Balaban J connectivity index is 1.71. The second kappa shape index (κ2) is 5.57. The summed E-state index contributed by atoms with van der Waals surface area (Å²) in [4.78, 5) is 9.69. The van der Waals surface area contributed by atoms with Gasteiger partial charge in [0.05, 0.1) is 0 Å². The molecule has 98 valence electrons. The first-order valence-electron chi connectivity index (χ1n) is 6.87. The smallest absolute Gasteiger partial charge is 0.132 e. The molecule has 1 aromatic rings. The van der Waals surface area contributed by atoms with Crippen LogP contribution >= 0.6 is 15.9 Å². The van der Waals surface area contributed by atoms with Gasteiger partial charge in [0.25, 0.3) is 0 Å². The Morgan fingerprint density at radius 1 is 1.28 bits per heavy atom. The fourth-order valence-electron chi connectivity index (χ4n) is 3.16. The lowest BCUT2D eigenvalue weighted by molar-refractivity contribution is 0.260. The highest BCUT2D eigenvalue weighted by Crippen LogP contribution is 2.27. The summed E-state index contributed by atoms with van der Waals surface area (Å²) in [7, 11) is 0. The number of halogens is 1. The average Bonchev–Trinajstić information content (AvgIpc) is 3.09. The maximum atomic E-state index is 4.57. The van der Waals surface area contributed by atoms with Crippen molar-refractivity contribution in [2.45, 2.75) is 30.6 Å². The third kappa shape index (κ3) is 2.41. The second-order valence-electron chi connectivity index (χ2n) is 5.25.